The first kappa shape index (κ1) is 34.5. The number of carbonyl (C=O) groups excluding carboxylic acids is 1. The van der Waals surface area contributed by atoms with Crippen LogP contribution in [-0.2, 0) is 11.2 Å². The fraction of sp³-hybridized carbons (Fsp3) is 0.545. The minimum absolute atomic E-state index is 0.155. The second-order valence-corrected chi connectivity index (χ2v) is 9.68. The van der Waals surface area contributed by atoms with E-state index in [2.05, 4.69) is 50.0 Å². The maximum atomic E-state index is 13.6. The number of nitrogens with one attached hydrogen (secondary N) is 1. The van der Waals surface area contributed by atoms with Crippen LogP contribution >= 0.6 is 0 Å². The number of allylic oxidation sites excluding steroid dienone is 6. The lowest BCUT2D eigenvalue weighted by atomic mass is 9.85. The molecule has 1 saturated carbocycles. The normalized spacial score (nSPS) is 19.9. The first-order valence-electron chi connectivity index (χ1n) is 14.0. The first-order valence-corrected chi connectivity index (χ1v) is 14.0. The molecule has 3 atom stereocenters. The second kappa shape index (κ2) is 19.6. The van der Waals surface area contributed by atoms with E-state index in [0.29, 0.717) is 18.9 Å². The average molecular weight is 513 g/mol. The van der Waals surface area contributed by atoms with Crippen LogP contribution in [-0.4, -0.2) is 31.7 Å². The molecule has 1 aliphatic rings. The molecule has 1 aromatic rings. The molecule has 0 heterocycles. The van der Waals surface area contributed by atoms with Gasteiger partial charge in [0.25, 0.3) is 0 Å². The number of halogens is 1. The Morgan fingerprint density at radius 1 is 1.19 bits per heavy atom. The topological polar surface area (TPSA) is 32.3 Å². The van der Waals surface area contributed by atoms with Gasteiger partial charge < -0.3 is 10.2 Å². The van der Waals surface area contributed by atoms with Gasteiger partial charge in [0, 0.05) is 31.7 Å². The van der Waals surface area contributed by atoms with E-state index in [1.165, 1.54) is 22.3 Å². The SMILES string of the molecule is C=C/C=C(C)/C=C\C=C(/C)CN[C@@H]1CC[C@@H](C)[C@@H](F)C1.CC.CCC(=O)N(C)c1ccc(CC)cc1C. The number of alkyl halides is 1. The summed E-state index contributed by atoms with van der Waals surface area (Å²) >= 11 is 0. The molecule has 3 nitrogen and oxygen atoms in total. The third-order valence-electron chi connectivity index (χ3n) is 6.60. The predicted molar refractivity (Wildman–Crippen MR) is 162 cm³/mol. The molecule has 4 heteroatoms. The number of aryl methyl sites for hydroxylation is 2. The molecule has 0 aliphatic heterocycles. The van der Waals surface area contributed by atoms with E-state index in [1.54, 1.807) is 11.0 Å². The zero-order chi connectivity index (χ0) is 28.4. The third-order valence-corrected chi connectivity index (χ3v) is 6.60. The average Bonchev–Trinajstić information content (AvgIpc) is 2.90. The van der Waals surface area contributed by atoms with E-state index in [9.17, 15) is 9.18 Å². The van der Waals surface area contributed by atoms with Gasteiger partial charge in [0.2, 0.25) is 5.91 Å². The van der Waals surface area contributed by atoms with Gasteiger partial charge >= 0.3 is 0 Å². The van der Waals surface area contributed by atoms with Gasteiger partial charge in [-0.3, -0.25) is 4.79 Å². The van der Waals surface area contributed by atoms with Gasteiger partial charge in [0.1, 0.15) is 6.17 Å². The minimum Gasteiger partial charge on any atom is -0.315 e. The van der Waals surface area contributed by atoms with Crippen LogP contribution in [0.2, 0.25) is 0 Å². The van der Waals surface area contributed by atoms with Crippen molar-refractivity contribution in [2.45, 2.75) is 99.7 Å². The Labute approximate surface area is 227 Å². The fourth-order valence-electron chi connectivity index (χ4n) is 4.11. The summed E-state index contributed by atoms with van der Waals surface area (Å²) < 4.78 is 13.6. The number of hydrogen-bond acceptors (Lipinski definition) is 2. The maximum Gasteiger partial charge on any atom is 0.226 e. The molecule has 37 heavy (non-hydrogen) atoms. The van der Waals surface area contributed by atoms with Crippen LogP contribution in [0.3, 0.4) is 0 Å². The molecule has 208 valence electrons. The molecule has 1 N–H and O–H groups in total. The molecule has 0 radical (unpaired) electrons. The Morgan fingerprint density at radius 3 is 2.41 bits per heavy atom. The van der Waals surface area contributed by atoms with Gasteiger partial charge in [0.15, 0.2) is 0 Å². The summed E-state index contributed by atoms with van der Waals surface area (Å²) in [5.41, 5.74) is 5.94. The number of nitrogens with zero attached hydrogens (tertiary/aromatic N) is 1. The molecule has 0 saturated heterocycles. The highest BCUT2D eigenvalue weighted by molar-refractivity contribution is 5.93. The lowest BCUT2D eigenvalue weighted by Gasteiger charge is -2.30. The van der Waals surface area contributed by atoms with E-state index in [1.807, 2.05) is 66.8 Å². The Balaban J connectivity index is 0.000000679. The van der Waals surface area contributed by atoms with Crippen molar-refractivity contribution in [3.63, 3.8) is 0 Å². The van der Waals surface area contributed by atoms with Crippen LogP contribution in [0, 0.1) is 12.8 Å². The van der Waals surface area contributed by atoms with Crippen molar-refractivity contribution in [1.82, 2.24) is 5.32 Å². The summed E-state index contributed by atoms with van der Waals surface area (Å²) in [6, 6.07) is 6.59. The van der Waals surface area contributed by atoms with Crippen molar-refractivity contribution in [3.8, 4) is 0 Å². The van der Waals surface area contributed by atoms with Crippen molar-refractivity contribution < 1.29 is 9.18 Å². The molecule has 0 bridgehead atoms. The van der Waals surface area contributed by atoms with Crippen molar-refractivity contribution in [3.05, 3.63) is 77.4 Å². The van der Waals surface area contributed by atoms with Crippen molar-refractivity contribution in [2.24, 2.45) is 5.92 Å². The molecule has 1 fully saturated rings. The Morgan fingerprint density at radius 2 is 1.86 bits per heavy atom. The van der Waals surface area contributed by atoms with Gasteiger partial charge in [0.05, 0.1) is 0 Å². The number of carbonyl (C=O) groups is 1. The lowest BCUT2D eigenvalue weighted by molar-refractivity contribution is -0.118. The van der Waals surface area contributed by atoms with Crippen molar-refractivity contribution in [1.29, 1.82) is 0 Å². The van der Waals surface area contributed by atoms with Crippen LogP contribution in [0.1, 0.15) is 85.3 Å². The first-order chi connectivity index (χ1) is 17.6. The molecule has 0 aromatic heterocycles. The summed E-state index contributed by atoms with van der Waals surface area (Å²) in [5.74, 6) is 0.384. The Kier molecular flexibility index (Phi) is 18.3. The van der Waals surface area contributed by atoms with E-state index < -0.39 is 6.17 Å². The van der Waals surface area contributed by atoms with E-state index >= 15 is 0 Å². The highest BCUT2D eigenvalue weighted by atomic mass is 19.1. The molecule has 1 aromatic carbocycles. The summed E-state index contributed by atoms with van der Waals surface area (Å²) in [4.78, 5) is 13.3. The van der Waals surface area contributed by atoms with Crippen LogP contribution in [0.25, 0.3) is 0 Å². The van der Waals surface area contributed by atoms with Gasteiger partial charge in [-0.25, -0.2) is 4.39 Å². The molecule has 0 spiro atoms. The molecular formula is C33H53FN2O. The fourth-order valence-corrected chi connectivity index (χ4v) is 4.11. The number of hydrogen-bond donors (Lipinski definition) is 1. The summed E-state index contributed by atoms with van der Waals surface area (Å²) in [6.45, 7) is 20.7. The summed E-state index contributed by atoms with van der Waals surface area (Å²) in [7, 11) is 1.83. The molecule has 2 rings (SSSR count). The maximum absolute atomic E-state index is 13.6. The summed E-state index contributed by atoms with van der Waals surface area (Å²) in [6.07, 6.45) is 13.7. The number of benzene rings is 1. The molecule has 1 amide bonds. The quantitative estimate of drug-likeness (QED) is 0.336. The van der Waals surface area contributed by atoms with Crippen molar-refractivity contribution in [2.75, 3.05) is 18.5 Å². The monoisotopic (exact) mass is 512 g/mol. The molecule has 0 unspecified atom stereocenters. The molecular weight excluding hydrogens is 459 g/mol. The largest absolute Gasteiger partial charge is 0.315 e. The van der Waals surface area contributed by atoms with Gasteiger partial charge in [-0.1, -0.05) is 94.9 Å². The zero-order valence-corrected chi connectivity index (χ0v) is 25.0. The van der Waals surface area contributed by atoms with Crippen LogP contribution < -0.4 is 10.2 Å². The second-order valence-electron chi connectivity index (χ2n) is 9.68. The third kappa shape index (κ3) is 13.6. The Bertz CT molecular complexity index is 900. The standard InChI is InChI=1S/C18H28FN.C13H19NO.C2H6/c1-5-7-14(2)8-6-9-15(3)13-20-17-11-10-16(4)18(19)12-17;1-5-11-7-8-12(10(3)9-11)14(4)13(15)6-2;1-2/h5-9,16-18,20H,1,10-13H2,2-4H3;7-9H,5-6H2,1-4H3;1-2H3/b8-6-,14-7+,15-9+;;/t16-,17-,18+;;/m1../s1. The van der Waals surface area contributed by atoms with Crippen molar-refractivity contribution >= 4 is 11.6 Å². The van der Waals surface area contributed by atoms with Crippen LogP contribution in [0.4, 0.5) is 10.1 Å². The highest BCUT2D eigenvalue weighted by Gasteiger charge is 2.26. The zero-order valence-electron chi connectivity index (χ0n) is 25.0. The van der Waals surface area contributed by atoms with Crippen LogP contribution in [0.15, 0.2) is 66.3 Å². The van der Waals surface area contributed by atoms with E-state index in [0.717, 1.165) is 31.5 Å². The lowest BCUT2D eigenvalue weighted by Crippen LogP contribution is -2.38. The van der Waals surface area contributed by atoms with E-state index in [4.69, 9.17) is 0 Å². The minimum atomic E-state index is -0.642. The molecule has 1 aliphatic carbocycles. The number of amides is 1. The van der Waals surface area contributed by atoms with Gasteiger partial charge in [-0.15, -0.1) is 0 Å². The smallest absolute Gasteiger partial charge is 0.226 e. The predicted octanol–water partition coefficient (Wildman–Crippen LogP) is 8.69. The number of rotatable bonds is 9. The number of anilines is 1. The van der Waals surface area contributed by atoms with Crippen LogP contribution in [0.5, 0.6) is 0 Å². The van der Waals surface area contributed by atoms with Gasteiger partial charge in [-0.05, 0) is 69.6 Å². The van der Waals surface area contributed by atoms with E-state index in [-0.39, 0.29) is 11.8 Å². The summed E-state index contributed by atoms with van der Waals surface area (Å²) in [5, 5.41) is 3.46. The Hall–Kier alpha value is -2.46. The van der Waals surface area contributed by atoms with Gasteiger partial charge in [-0.2, -0.15) is 0 Å². The highest BCUT2D eigenvalue weighted by Crippen LogP contribution is 2.26.